The van der Waals surface area contributed by atoms with Gasteiger partial charge in [-0.15, -0.1) is 0 Å². The molecule has 59 heavy (non-hydrogen) atoms. The normalized spacial score (nSPS) is 14.5. The minimum Gasteiger partial charge on any atom is -0.493 e. The van der Waals surface area contributed by atoms with Crippen molar-refractivity contribution in [2.75, 3.05) is 49.4 Å². The van der Waals surface area contributed by atoms with Gasteiger partial charge in [-0.05, 0) is 57.4 Å². The third-order valence-electron chi connectivity index (χ3n) is 9.83. The fourth-order valence-corrected chi connectivity index (χ4v) is 6.89. The average molecular weight is 810 g/mol. The SMILES string of the molecule is C=C1C[C@@H]2C=Nc3cc(OCCCC(=O)Nc4cc(C(=O)Nc5cc(C(=O)Nc6cc(C(=O)NCCCOC(C)C)n(C)c6)n(C)c5)n(C)c4)c(OC)cc3C(=O)N2C1. The number of hydrogen-bond donors (Lipinski definition) is 4. The smallest absolute Gasteiger partial charge is 0.272 e. The van der Waals surface area contributed by atoms with E-state index in [-0.39, 0.29) is 54.3 Å². The van der Waals surface area contributed by atoms with Gasteiger partial charge in [0.1, 0.15) is 17.1 Å². The molecular formula is C42H51N9O8. The molecule has 1 atom stereocenters. The first-order valence-electron chi connectivity index (χ1n) is 19.4. The van der Waals surface area contributed by atoms with E-state index in [1.165, 1.54) is 7.11 Å². The molecule has 17 nitrogen and oxygen atoms in total. The van der Waals surface area contributed by atoms with Gasteiger partial charge in [-0.2, -0.15) is 0 Å². The fraction of sp³-hybridized carbons (Fsp3) is 0.381. The first kappa shape index (κ1) is 42.0. The van der Waals surface area contributed by atoms with E-state index in [1.807, 2.05) is 13.8 Å². The molecule has 4 aromatic rings. The van der Waals surface area contributed by atoms with Crippen LogP contribution in [0.15, 0.2) is 66.1 Å². The Morgan fingerprint density at radius 3 is 2.00 bits per heavy atom. The maximum absolute atomic E-state index is 13.3. The number of carbonyl (C=O) groups is 5. The van der Waals surface area contributed by atoms with Gasteiger partial charge in [0.25, 0.3) is 23.6 Å². The van der Waals surface area contributed by atoms with Gasteiger partial charge in [-0.1, -0.05) is 12.2 Å². The molecule has 0 saturated carbocycles. The summed E-state index contributed by atoms with van der Waals surface area (Å²) in [6.45, 7) is 9.62. The van der Waals surface area contributed by atoms with E-state index < -0.39 is 11.8 Å². The summed E-state index contributed by atoms with van der Waals surface area (Å²) in [6.07, 6.45) is 8.66. The van der Waals surface area contributed by atoms with Crippen molar-refractivity contribution in [3.63, 3.8) is 0 Å². The highest BCUT2D eigenvalue weighted by atomic mass is 16.5. The van der Waals surface area contributed by atoms with Crippen LogP contribution in [0.2, 0.25) is 0 Å². The van der Waals surface area contributed by atoms with Crippen LogP contribution in [0.5, 0.6) is 11.5 Å². The van der Waals surface area contributed by atoms with E-state index in [4.69, 9.17) is 14.2 Å². The molecule has 4 N–H and O–H groups in total. The highest BCUT2D eigenvalue weighted by Gasteiger charge is 2.34. The van der Waals surface area contributed by atoms with Crippen molar-refractivity contribution in [3.05, 3.63) is 83.7 Å². The van der Waals surface area contributed by atoms with Crippen LogP contribution in [-0.4, -0.2) is 99.9 Å². The molecular weight excluding hydrogens is 759 g/mol. The van der Waals surface area contributed by atoms with Gasteiger partial charge in [0.15, 0.2) is 11.5 Å². The Balaban J connectivity index is 0.974. The third kappa shape index (κ3) is 10.1. The van der Waals surface area contributed by atoms with E-state index in [1.54, 1.807) is 94.9 Å². The van der Waals surface area contributed by atoms with Crippen molar-refractivity contribution in [3.8, 4) is 11.5 Å². The largest absolute Gasteiger partial charge is 0.493 e. The molecule has 0 aliphatic carbocycles. The maximum atomic E-state index is 13.3. The molecule has 2 aliphatic heterocycles. The summed E-state index contributed by atoms with van der Waals surface area (Å²) < 4.78 is 21.8. The van der Waals surface area contributed by atoms with Crippen molar-refractivity contribution in [1.29, 1.82) is 0 Å². The predicted octanol–water partition coefficient (Wildman–Crippen LogP) is 5.04. The first-order chi connectivity index (χ1) is 28.2. The molecule has 5 amide bonds. The molecule has 0 unspecified atom stereocenters. The Morgan fingerprint density at radius 2 is 1.41 bits per heavy atom. The average Bonchev–Trinajstić information content (AvgIpc) is 3.94. The summed E-state index contributed by atoms with van der Waals surface area (Å²) in [5.74, 6) is -0.741. The van der Waals surface area contributed by atoms with Crippen LogP contribution in [-0.2, 0) is 30.7 Å². The van der Waals surface area contributed by atoms with Crippen LogP contribution in [0.25, 0.3) is 0 Å². The van der Waals surface area contributed by atoms with Crippen molar-refractivity contribution in [1.82, 2.24) is 23.9 Å². The van der Waals surface area contributed by atoms with Crippen LogP contribution in [0.1, 0.15) is 81.4 Å². The Hall–Kier alpha value is -6.62. The Morgan fingerprint density at radius 1 is 0.814 bits per heavy atom. The van der Waals surface area contributed by atoms with Gasteiger partial charge in [-0.3, -0.25) is 29.0 Å². The van der Waals surface area contributed by atoms with E-state index in [0.717, 1.165) is 5.57 Å². The number of nitrogens with zero attached hydrogens (tertiary/aromatic N) is 5. The predicted molar refractivity (Wildman–Crippen MR) is 223 cm³/mol. The molecule has 6 rings (SSSR count). The molecule has 0 radical (unpaired) electrons. The standard InChI is InChI=1S/C42H51N9O8/c1-25(2)58-13-9-11-43-39(53)33-16-28(23-48(33)4)46-41(55)35-17-29(24-50(35)6)47-40(54)34-15-27(22-49(34)5)45-38(52)10-8-12-59-37-19-32-31(18-36(37)57-7)42(56)51-21-26(3)14-30(51)20-44-32/h15-20,22-25,30H,3,8-14,21H2,1-2,4-7H3,(H,43,53)(H,45,52)(H,46,55)(H,47,54)/t30-/m1/s1. The molecule has 5 heterocycles. The minimum atomic E-state index is -0.444. The van der Waals surface area contributed by atoms with Gasteiger partial charge >= 0.3 is 0 Å². The molecule has 1 aromatic carbocycles. The summed E-state index contributed by atoms with van der Waals surface area (Å²) in [7, 11) is 6.58. The Kier molecular flexibility index (Phi) is 13.0. The van der Waals surface area contributed by atoms with Crippen LogP contribution >= 0.6 is 0 Å². The number of aryl methyl sites for hydroxylation is 3. The van der Waals surface area contributed by atoms with E-state index in [9.17, 15) is 24.0 Å². The second-order valence-corrected chi connectivity index (χ2v) is 14.9. The lowest BCUT2D eigenvalue weighted by Gasteiger charge is -2.20. The lowest BCUT2D eigenvalue weighted by molar-refractivity contribution is -0.116. The van der Waals surface area contributed by atoms with Crippen molar-refractivity contribution in [2.45, 2.75) is 51.7 Å². The lowest BCUT2D eigenvalue weighted by Crippen LogP contribution is -2.35. The van der Waals surface area contributed by atoms with E-state index in [2.05, 4.69) is 32.8 Å². The number of anilines is 3. The van der Waals surface area contributed by atoms with Crippen LogP contribution in [0, 0.1) is 0 Å². The summed E-state index contributed by atoms with van der Waals surface area (Å²) in [4.78, 5) is 71.6. The van der Waals surface area contributed by atoms with Gasteiger partial charge in [0, 0.05) is 78.1 Å². The van der Waals surface area contributed by atoms with Crippen LogP contribution < -0.4 is 30.7 Å². The highest BCUT2D eigenvalue weighted by Crippen LogP contribution is 2.38. The number of hydrogen-bond acceptors (Lipinski definition) is 9. The molecule has 3 aromatic heterocycles. The monoisotopic (exact) mass is 809 g/mol. The number of aromatic nitrogens is 3. The van der Waals surface area contributed by atoms with Crippen LogP contribution in [0.3, 0.4) is 0 Å². The quantitative estimate of drug-likeness (QED) is 0.0842. The van der Waals surface area contributed by atoms with Crippen molar-refractivity contribution >= 4 is 58.5 Å². The summed E-state index contributed by atoms with van der Waals surface area (Å²) >= 11 is 0. The number of ether oxygens (including phenoxy) is 3. The summed E-state index contributed by atoms with van der Waals surface area (Å²) in [6, 6.07) is 7.89. The number of benzene rings is 1. The fourth-order valence-electron chi connectivity index (χ4n) is 6.89. The Bertz CT molecular complexity index is 2300. The number of methoxy groups -OCH3 is 1. The molecule has 312 valence electrons. The zero-order valence-corrected chi connectivity index (χ0v) is 34.2. The second kappa shape index (κ2) is 18.3. The Labute approximate surface area is 342 Å². The van der Waals surface area contributed by atoms with Gasteiger partial charge in [-0.25, -0.2) is 0 Å². The van der Waals surface area contributed by atoms with Gasteiger partial charge in [0.2, 0.25) is 5.91 Å². The molecule has 1 saturated heterocycles. The highest BCUT2D eigenvalue weighted by molar-refractivity contribution is 6.08. The topological polar surface area (TPSA) is 192 Å². The first-order valence-corrected chi connectivity index (χ1v) is 19.4. The van der Waals surface area contributed by atoms with Crippen molar-refractivity contribution < 1.29 is 38.2 Å². The molecule has 1 fully saturated rings. The lowest BCUT2D eigenvalue weighted by atomic mass is 10.1. The number of fused-ring (bicyclic) bond motifs is 2. The number of aliphatic imine (C=N–C) groups is 1. The van der Waals surface area contributed by atoms with Crippen molar-refractivity contribution in [2.24, 2.45) is 26.1 Å². The van der Waals surface area contributed by atoms with Crippen LogP contribution in [0.4, 0.5) is 22.7 Å². The van der Waals surface area contributed by atoms with Gasteiger partial charge in [0.05, 0.1) is 54.2 Å². The number of amides is 5. The van der Waals surface area contributed by atoms with E-state index >= 15 is 0 Å². The van der Waals surface area contributed by atoms with E-state index in [0.29, 0.717) is 84.5 Å². The number of rotatable bonds is 17. The number of nitrogens with one attached hydrogen (secondary N) is 4. The molecule has 0 bridgehead atoms. The maximum Gasteiger partial charge on any atom is 0.272 e. The third-order valence-corrected chi connectivity index (χ3v) is 9.83. The second-order valence-electron chi connectivity index (χ2n) is 14.9. The minimum absolute atomic E-state index is 0.127. The zero-order valence-electron chi connectivity index (χ0n) is 34.2. The molecule has 0 spiro atoms. The molecule has 17 heteroatoms. The zero-order chi connectivity index (χ0) is 42.4. The molecule has 2 aliphatic rings. The summed E-state index contributed by atoms with van der Waals surface area (Å²) in [5.41, 5.74) is 4.11. The number of carbonyl (C=O) groups excluding carboxylic acids is 5. The van der Waals surface area contributed by atoms with Gasteiger partial charge < -0.3 is 54.1 Å². The summed E-state index contributed by atoms with van der Waals surface area (Å²) in [5, 5.41) is 11.3.